The Labute approximate surface area is 141 Å². The van der Waals surface area contributed by atoms with Crippen molar-refractivity contribution in [2.24, 2.45) is 0 Å². The Morgan fingerprint density at radius 2 is 2.04 bits per heavy atom. The average molecular weight is 330 g/mol. The fourth-order valence-electron chi connectivity index (χ4n) is 3.19. The zero-order valence-electron chi connectivity index (χ0n) is 14.3. The lowest BCUT2D eigenvalue weighted by molar-refractivity contribution is -0.131. The molecule has 0 bridgehead atoms. The molecule has 1 saturated heterocycles. The van der Waals surface area contributed by atoms with Gasteiger partial charge in [-0.25, -0.2) is 9.07 Å². The van der Waals surface area contributed by atoms with Crippen LogP contribution in [0, 0.1) is 19.7 Å². The Kier molecular flexibility index (Phi) is 4.66. The van der Waals surface area contributed by atoms with Crippen molar-refractivity contribution >= 4 is 5.91 Å². The van der Waals surface area contributed by atoms with E-state index in [0.29, 0.717) is 12.5 Å². The van der Waals surface area contributed by atoms with Crippen LogP contribution in [0.15, 0.2) is 24.3 Å². The van der Waals surface area contributed by atoms with Crippen LogP contribution >= 0.6 is 0 Å². The smallest absolute Gasteiger partial charge is 0.227 e. The molecule has 2 heterocycles. The molecule has 1 aromatic carbocycles. The van der Waals surface area contributed by atoms with Gasteiger partial charge < -0.3 is 10.2 Å². The Morgan fingerprint density at radius 3 is 2.71 bits per heavy atom. The van der Waals surface area contributed by atoms with E-state index in [-0.39, 0.29) is 11.7 Å². The molecule has 1 aliphatic heterocycles. The maximum Gasteiger partial charge on any atom is 0.227 e. The molecule has 0 spiro atoms. The lowest BCUT2D eigenvalue weighted by Gasteiger charge is -2.32. The van der Waals surface area contributed by atoms with E-state index in [0.717, 1.165) is 42.3 Å². The largest absolute Gasteiger partial charge is 0.340 e. The summed E-state index contributed by atoms with van der Waals surface area (Å²) in [5, 5.41) is 7.88. The lowest BCUT2D eigenvalue weighted by Crippen LogP contribution is -2.51. The van der Waals surface area contributed by atoms with Crippen molar-refractivity contribution < 1.29 is 9.18 Å². The second kappa shape index (κ2) is 6.73. The van der Waals surface area contributed by atoms with Crippen molar-refractivity contribution in [1.82, 2.24) is 20.0 Å². The van der Waals surface area contributed by atoms with Gasteiger partial charge in [-0.1, -0.05) is 0 Å². The van der Waals surface area contributed by atoms with Crippen LogP contribution < -0.4 is 5.32 Å². The quantitative estimate of drug-likeness (QED) is 0.936. The molecule has 1 amide bonds. The van der Waals surface area contributed by atoms with Crippen molar-refractivity contribution in [2.75, 3.05) is 19.6 Å². The number of benzene rings is 1. The molecule has 5 nitrogen and oxygen atoms in total. The van der Waals surface area contributed by atoms with Gasteiger partial charge >= 0.3 is 0 Å². The third-order valence-electron chi connectivity index (χ3n) is 4.56. The number of nitrogens with one attached hydrogen (secondary N) is 1. The van der Waals surface area contributed by atoms with Crippen LogP contribution in [0.1, 0.15) is 23.9 Å². The van der Waals surface area contributed by atoms with Gasteiger partial charge in [0.05, 0.1) is 17.8 Å². The number of aryl methyl sites for hydroxylation is 1. The van der Waals surface area contributed by atoms with E-state index in [1.54, 1.807) is 16.8 Å². The standard InChI is InChI=1S/C18H23FN4O/c1-12-11-22(9-8-20-12)18(24)10-17-13(2)21-23(14(17)3)16-6-4-15(19)5-7-16/h4-7,12,20H,8-11H2,1-3H3/t12-/m1/s1. The summed E-state index contributed by atoms with van der Waals surface area (Å²) in [4.78, 5) is 14.5. The molecule has 1 atom stereocenters. The number of amides is 1. The normalized spacial score (nSPS) is 18.0. The Balaban J connectivity index is 1.81. The van der Waals surface area contributed by atoms with E-state index in [9.17, 15) is 9.18 Å². The number of rotatable bonds is 3. The number of carbonyl (C=O) groups is 1. The van der Waals surface area contributed by atoms with Gasteiger partial charge in [0.2, 0.25) is 5.91 Å². The Morgan fingerprint density at radius 1 is 1.33 bits per heavy atom. The lowest BCUT2D eigenvalue weighted by atomic mass is 10.1. The molecule has 6 heteroatoms. The van der Waals surface area contributed by atoms with Gasteiger partial charge in [0.15, 0.2) is 0 Å². The molecule has 1 aromatic heterocycles. The summed E-state index contributed by atoms with van der Waals surface area (Å²) < 4.78 is 14.9. The molecule has 0 aliphatic carbocycles. The predicted octanol–water partition coefficient (Wildman–Crippen LogP) is 1.99. The fraction of sp³-hybridized carbons (Fsp3) is 0.444. The van der Waals surface area contributed by atoms with Crippen LogP contribution in [0.5, 0.6) is 0 Å². The molecule has 0 unspecified atom stereocenters. The summed E-state index contributed by atoms with van der Waals surface area (Å²) in [6.07, 6.45) is 0.353. The van der Waals surface area contributed by atoms with Crippen LogP contribution in [0.2, 0.25) is 0 Å². The van der Waals surface area contributed by atoms with E-state index in [1.807, 2.05) is 18.7 Å². The summed E-state index contributed by atoms with van der Waals surface area (Å²) in [6, 6.07) is 6.54. The zero-order valence-corrected chi connectivity index (χ0v) is 14.3. The SMILES string of the molecule is Cc1nn(-c2ccc(F)cc2)c(C)c1CC(=O)N1CCN[C@H](C)C1. The average Bonchev–Trinajstić information content (AvgIpc) is 2.84. The highest BCUT2D eigenvalue weighted by atomic mass is 19.1. The molecule has 24 heavy (non-hydrogen) atoms. The van der Waals surface area contributed by atoms with Gasteiger partial charge in [-0.15, -0.1) is 0 Å². The molecule has 0 radical (unpaired) electrons. The second-order valence-electron chi connectivity index (χ2n) is 6.41. The van der Waals surface area contributed by atoms with Crippen molar-refractivity contribution in [3.8, 4) is 5.69 Å². The minimum atomic E-state index is -0.275. The summed E-state index contributed by atoms with van der Waals surface area (Å²) in [5.41, 5.74) is 3.52. The summed E-state index contributed by atoms with van der Waals surface area (Å²) >= 11 is 0. The molecular weight excluding hydrogens is 307 g/mol. The molecule has 1 N–H and O–H groups in total. The first-order valence-electron chi connectivity index (χ1n) is 8.28. The topological polar surface area (TPSA) is 50.2 Å². The highest BCUT2D eigenvalue weighted by Gasteiger charge is 2.23. The highest BCUT2D eigenvalue weighted by Crippen LogP contribution is 2.19. The number of aromatic nitrogens is 2. The van der Waals surface area contributed by atoms with E-state index in [2.05, 4.69) is 17.3 Å². The second-order valence-corrected chi connectivity index (χ2v) is 6.41. The van der Waals surface area contributed by atoms with Gasteiger partial charge in [-0.05, 0) is 45.0 Å². The zero-order chi connectivity index (χ0) is 17.3. The monoisotopic (exact) mass is 330 g/mol. The number of hydrogen-bond acceptors (Lipinski definition) is 3. The van der Waals surface area contributed by atoms with Crippen LogP contribution in [0.3, 0.4) is 0 Å². The molecule has 1 fully saturated rings. The van der Waals surface area contributed by atoms with Gasteiger partial charge in [0.1, 0.15) is 5.82 Å². The van der Waals surface area contributed by atoms with Gasteiger partial charge in [0.25, 0.3) is 0 Å². The first-order valence-corrected chi connectivity index (χ1v) is 8.28. The van der Waals surface area contributed by atoms with E-state index < -0.39 is 0 Å². The van der Waals surface area contributed by atoms with Gasteiger partial charge in [-0.3, -0.25) is 4.79 Å². The number of hydrogen-bond donors (Lipinski definition) is 1. The van der Waals surface area contributed by atoms with Crippen LogP contribution in [0.25, 0.3) is 5.69 Å². The van der Waals surface area contributed by atoms with Crippen molar-refractivity contribution in [3.63, 3.8) is 0 Å². The minimum Gasteiger partial charge on any atom is -0.340 e. The van der Waals surface area contributed by atoms with Crippen molar-refractivity contribution in [3.05, 3.63) is 47.0 Å². The van der Waals surface area contributed by atoms with Crippen LogP contribution in [0.4, 0.5) is 4.39 Å². The maximum absolute atomic E-state index is 13.1. The number of halogens is 1. The van der Waals surface area contributed by atoms with Crippen LogP contribution in [-0.2, 0) is 11.2 Å². The van der Waals surface area contributed by atoms with Gasteiger partial charge in [-0.2, -0.15) is 5.10 Å². The summed E-state index contributed by atoms with van der Waals surface area (Å²) in [5.74, 6) is -0.142. The Bertz CT molecular complexity index is 738. The molecule has 128 valence electrons. The molecule has 3 rings (SSSR count). The van der Waals surface area contributed by atoms with Crippen LogP contribution in [-0.4, -0.2) is 46.3 Å². The molecule has 1 aliphatic rings. The fourth-order valence-corrected chi connectivity index (χ4v) is 3.19. The minimum absolute atomic E-state index is 0.133. The van der Waals surface area contributed by atoms with Crippen molar-refractivity contribution in [2.45, 2.75) is 33.2 Å². The first-order chi connectivity index (χ1) is 11.5. The summed E-state index contributed by atoms with van der Waals surface area (Å²) in [6.45, 7) is 8.26. The third kappa shape index (κ3) is 3.33. The van der Waals surface area contributed by atoms with E-state index >= 15 is 0 Å². The van der Waals surface area contributed by atoms with Gasteiger partial charge in [0, 0.05) is 36.9 Å². The Hall–Kier alpha value is -2.21. The summed E-state index contributed by atoms with van der Waals surface area (Å²) in [7, 11) is 0. The number of piperazine rings is 1. The number of carbonyl (C=O) groups excluding carboxylic acids is 1. The maximum atomic E-state index is 13.1. The highest BCUT2D eigenvalue weighted by molar-refractivity contribution is 5.79. The van der Waals surface area contributed by atoms with E-state index in [4.69, 9.17) is 0 Å². The van der Waals surface area contributed by atoms with E-state index in [1.165, 1.54) is 12.1 Å². The molecule has 2 aromatic rings. The first kappa shape index (κ1) is 16.6. The van der Waals surface area contributed by atoms with Crippen molar-refractivity contribution in [1.29, 1.82) is 0 Å². The number of nitrogens with zero attached hydrogens (tertiary/aromatic N) is 3. The predicted molar refractivity (Wildman–Crippen MR) is 90.7 cm³/mol. The molecule has 0 saturated carbocycles. The third-order valence-corrected chi connectivity index (χ3v) is 4.56. The molecular formula is C18H23FN4O.